The van der Waals surface area contributed by atoms with Crippen molar-refractivity contribution >= 4 is 23.3 Å². The highest BCUT2D eigenvalue weighted by molar-refractivity contribution is 6.00. The Kier molecular flexibility index (Phi) is 4.32. The Morgan fingerprint density at radius 3 is 2.85 bits per heavy atom. The maximum Gasteiger partial charge on any atom is 0.231 e. The van der Waals surface area contributed by atoms with Gasteiger partial charge in [-0.05, 0) is 24.3 Å². The Morgan fingerprint density at radius 1 is 1.24 bits per heavy atom. The Labute approximate surface area is 190 Å². The summed E-state index contributed by atoms with van der Waals surface area (Å²) in [6, 6.07) is 9.62. The molecule has 1 spiro atoms. The van der Waals surface area contributed by atoms with E-state index in [1.165, 1.54) is 0 Å². The van der Waals surface area contributed by atoms with Crippen molar-refractivity contribution in [2.24, 2.45) is 17.8 Å². The van der Waals surface area contributed by atoms with Crippen molar-refractivity contribution in [1.29, 1.82) is 0 Å². The molecule has 0 radical (unpaired) electrons. The highest BCUT2D eigenvalue weighted by Crippen LogP contribution is 2.60. The first-order valence-corrected chi connectivity index (χ1v) is 11.1. The number of carbonyl (C=O) groups excluding carboxylic acids is 3. The van der Waals surface area contributed by atoms with E-state index in [1.807, 2.05) is 19.1 Å². The number of ether oxygens (including phenoxy) is 2. The van der Waals surface area contributed by atoms with E-state index >= 15 is 0 Å². The molecule has 6 rings (SSSR count). The molecule has 170 valence electrons. The molecule has 8 nitrogen and oxygen atoms in total. The number of fused-ring (bicyclic) bond motifs is 2. The number of methoxy groups -OCH3 is 1. The summed E-state index contributed by atoms with van der Waals surface area (Å²) >= 11 is 0. The summed E-state index contributed by atoms with van der Waals surface area (Å²) < 4.78 is 17.2. The lowest BCUT2D eigenvalue weighted by Crippen LogP contribution is -2.55. The van der Waals surface area contributed by atoms with Gasteiger partial charge in [0.05, 0.1) is 43.4 Å². The van der Waals surface area contributed by atoms with Crippen LogP contribution in [0.1, 0.15) is 25.1 Å². The number of nitrogens with zero attached hydrogens (tertiary/aromatic N) is 1. The Bertz CT molecular complexity index is 1170. The van der Waals surface area contributed by atoms with Crippen molar-refractivity contribution < 1.29 is 28.3 Å². The van der Waals surface area contributed by atoms with E-state index in [0.717, 1.165) is 0 Å². The fourth-order valence-electron chi connectivity index (χ4n) is 6.19. The molecule has 1 aromatic heterocycles. The average molecular weight is 448 g/mol. The fourth-order valence-corrected chi connectivity index (χ4v) is 6.19. The molecule has 8 heteroatoms. The van der Waals surface area contributed by atoms with Gasteiger partial charge in [-0.2, -0.15) is 0 Å². The second kappa shape index (κ2) is 7.05. The molecule has 5 heterocycles. The lowest BCUT2D eigenvalue weighted by molar-refractivity contribution is -0.147. The number of Topliss-reactive ketones (excluding diaryl/α,β-unsaturated/α-hetero) is 1. The predicted molar refractivity (Wildman–Crippen MR) is 116 cm³/mol. The third-order valence-electron chi connectivity index (χ3n) is 7.59. The third kappa shape index (κ3) is 2.70. The van der Waals surface area contributed by atoms with E-state index in [1.54, 1.807) is 54.7 Å². The van der Waals surface area contributed by atoms with E-state index in [9.17, 15) is 14.4 Å². The minimum absolute atomic E-state index is 0.0604. The summed E-state index contributed by atoms with van der Waals surface area (Å²) in [6.07, 6.45) is 4.97. The number of furan rings is 1. The van der Waals surface area contributed by atoms with Crippen molar-refractivity contribution in [3.8, 4) is 5.75 Å². The van der Waals surface area contributed by atoms with Crippen LogP contribution in [0.2, 0.25) is 0 Å². The molecule has 7 atom stereocenters. The van der Waals surface area contributed by atoms with E-state index < -0.39 is 41.5 Å². The topological polar surface area (TPSA) is 98.1 Å². The van der Waals surface area contributed by atoms with E-state index in [-0.39, 0.29) is 24.0 Å². The van der Waals surface area contributed by atoms with Gasteiger partial charge in [-0.15, -0.1) is 0 Å². The second-order valence-corrected chi connectivity index (χ2v) is 9.20. The normalized spacial score (nSPS) is 36.1. The zero-order valence-corrected chi connectivity index (χ0v) is 18.3. The molecule has 2 amide bonds. The van der Waals surface area contributed by atoms with Crippen LogP contribution in [0.5, 0.6) is 5.75 Å². The minimum atomic E-state index is -1.00. The van der Waals surface area contributed by atoms with Crippen LogP contribution in [-0.4, -0.2) is 47.4 Å². The summed E-state index contributed by atoms with van der Waals surface area (Å²) in [4.78, 5) is 42.0. The molecule has 2 bridgehead atoms. The first-order valence-electron chi connectivity index (χ1n) is 11.1. The Balaban J connectivity index is 1.37. The zero-order valence-electron chi connectivity index (χ0n) is 18.3. The van der Waals surface area contributed by atoms with Crippen LogP contribution in [0.15, 0.2) is 59.2 Å². The van der Waals surface area contributed by atoms with Gasteiger partial charge in [0, 0.05) is 24.1 Å². The van der Waals surface area contributed by atoms with Crippen molar-refractivity contribution in [3.05, 3.63) is 60.6 Å². The summed E-state index contributed by atoms with van der Waals surface area (Å²) in [7, 11) is 1.56. The summed E-state index contributed by atoms with van der Waals surface area (Å²) in [5, 5.41) is 2.92. The van der Waals surface area contributed by atoms with Crippen LogP contribution >= 0.6 is 0 Å². The third-order valence-corrected chi connectivity index (χ3v) is 7.59. The first-order chi connectivity index (χ1) is 15.9. The van der Waals surface area contributed by atoms with Crippen molar-refractivity contribution in [2.75, 3.05) is 12.4 Å². The van der Waals surface area contributed by atoms with Crippen LogP contribution in [0.25, 0.3) is 0 Å². The molecule has 0 aliphatic carbocycles. The molecule has 4 aliphatic rings. The van der Waals surface area contributed by atoms with Gasteiger partial charge >= 0.3 is 0 Å². The van der Waals surface area contributed by atoms with Gasteiger partial charge in [0.15, 0.2) is 0 Å². The van der Waals surface area contributed by atoms with Gasteiger partial charge < -0.3 is 24.1 Å². The van der Waals surface area contributed by atoms with Gasteiger partial charge in [-0.25, -0.2) is 0 Å². The average Bonchev–Trinajstić information content (AvgIpc) is 3.58. The lowest BCUT2D eigenvalue weighted by atomic mass is 9.70. The number of anilines is 1. The van der Waals surface area contributed by atoms with E-state index in [4.69, 9.17) is 13.9 Å². The summed E-state index contributed by atoms with van der Waals surface area (Å²) in [6.45, 7) is 1.84. The molecule has 2 aromatic rings. The zero-order chi connectivity index (χ0) is 22.9. The lowest BCUT2D eigenvalue weighted by Gasteiger charge is -2.43. The highest BCUT2D eigenvalue weighted by atomic mass is 16.5. The molecule has 4 aliphatic heterocycles. The number of amides is 2. The number of ketones is 1. The van der Waals surface area contributed by atoms with Gasteiger partial charge in [0.2, 0.25) is 11.8 Å². The standard InChI is InChI=1S/C25H24N2O6/c1-13-17(28)12-16(18-7-4-10-32-18)27-22(13)25-9-8-19(33-25)20(21(25)24(27)30)23(29)26-14-5-3-6-15(11-14)31-2/h3-11,13,16,19-22H,12H2,1-2H3,(H,26,29)/t13-,16+,19-,20-,21-,22+,25-/m0/s1. The van der Waals surface area contributed by atoms with Gasteiger partial charge in [-0.1, -0.05) is 25.1 Å². The number of benzene rings is 1. The molecule has 3 fully saturated rings. The van der Waals surface area contributed by atoms with Crippen LogP contribution < -0.4 is 10.1 Å². The van der Waals surface area contributed by atoms with Crippen LogP contribution in [0, 0.1) is 17.8 Å². The van der Waals surface area contributed by atoms with Gasteiger partial charge in [0.1, 0.15) is 22.9 Å². The minimum Gasteiger partial charge on any atom is -0.497 e. The summed E-state index contributed by atoms with van der Waals surface area (Å²) in [5.74, 6) is -1.01. The van der Waals surface area contributed by atoms with Crippen LogP contribution in [-0.2, 0) is 19.1 Å². The van der Waals surface area contributed by atoms with Crippen molar-refractivity contribution in [2.45, 2.75) is 37.1 Å². The molecular weight excluding hydrogens is 424 g/mol. The number of hydrogen-bond donors (Lipinski definition) is 1. The highest BCUT2D eigenvalue weighted by Gasteiger charge is 2.74. The van der Waals surface area contributed by atoms with E-state index in [0.29, 0.717) is 17.2 Å². The molecular formula is C25H24N2O6. The SMILES string of the molecule is COc1cccc(NC(=O)[C@H]2[C@@H]3C=C[C@]4(O3)[C@@H]2C(=O)N2[C@@H](c3ccco3)CC(=O)[C@H](C)[C@@H]24)c1. The predicted octanol–water partition coefficient (Wildman–Crippen LogP) is 2.73. The summed E-state index contributed by atoms with van der Waals surface area (Å²) in [5.41, 5.74) is -0.418. The fraction of sp³-hybridized carbons (Fsp3) is 0.400. The molecule has 0 unspecified atom stereocenters. The number of rotatable bonds is 4. The smallest absolute Gasteiger partial charge is 0.231 e. The van der Waals surface area contributed by atoms with Crippen LogP contribution in [0.3, 0.4) is 0 Å². The van der Waals surface area contributed by atoms with Crippen LogP contribution in [0.4, 0.5) is 5.69 Å². The Hall–Kier alpha value is -3.39. The maximum absolute atomic E-state index is 13.9. The largest absolute Gasteiger partial charge is 0.497 e. The molecule has 1 N–H and O–H groups in total. The van der Waals surface area contributed by atoms with Gasteiger partial charge in [0.25, 0.3) is 0 Å². The number of piperidine rings is 1. The quantitative estimate of drug-likeness (QED) is 0.723. The maximum atomic E-state index is 13.9. The van der Waals surface area contributed by atoms with Gasteiger partial charge in [-0.3, -0.25) is 14.4 Å². The van der Waals surface area contributed by atoms with Crippen molar-refractivity contribution in [1.82, 2.24) is 4.90 Å². The number of carbonyl (C=O) groups is 3. The molecule has 3 saturated heterocycles. The number of nitrogens with one attached hydrogen (secondary N) is 1. The number of hydrogen-bond acceptors (Lipinski definition) is 6. The first kappa shape index (κ1) is 20.2. The van der Waals surface area contributed by atoms with Crippen molar-refractivity contribution in [3.63, 3.8) is 0 Å². The molecule has 1 aromatic carbocycles. The second-order valence-electron chi connectivity index (χ2n) is 9.20. The Morgan fingerprint density at radius 2 is 2.09 bits per heavy atom. The van der Waals surface area contributed by atoms with E-state index in [2.05, 4.69) is 5.32 Å². The monoisotopic (exact) mass is 448 g/mol. The molecule has 33 heavy (non-hydrogen) atoms. The molecule has 0 saturated carbocycles.